The average molecular weight is 399 g/mol. The molecule has 0 saturated carbocycles. The Kier molecular flexibility index (Phi) is 6.07. The van der Waals surface area contributed by atoms with Crippen molar-refractivity contribution in [2.24, 2.45) is 5.10 Å². The first kappa shape index (κ1) is 18.3. The van der Waals surface area contributed by atoms with E-state index in [4.69, 9.17) is 39.5 Å². The minimum Gasteiger partial charge on any atom is -0.378 e. The molecule has 1 fully saturated rings. The molecule has 4 nitrogen and oxygen atoms in total. The summed E-state index contributed by atoms with van der Waals surface area (Å²) >= 11 is 18.2. The second kappa shape index (κ2) is 8.28. The second-order valence-electron chi connectivity index (χ2n) is 5.70. The largest absolute Gasteiger partial charge is 0.378 e. The standard InChI is InChI=1S/C18H18Cl3N3O/c1-12(22-23-18-16(20)10-14(19)11-17(18)21)13-2-4-15(5-3-13)24-6-8-25-9-7-24/h2-5,10-11,23H,6-9H2,1H3. The fourth-order valence-corrected chi connectivity index (χ4v) is 3.49. The zero-order valence-electron chi connectivity index (χ0n) is 13.7. The molecule has 0 unspecified atom stereocenters. The molecule has 0 amide bonds. The van der Waals surface area contributed by atoms with Gasteiger partial charge in [-0.3, -0.25) is 5.43 Å². The van der Waals surface area contributed by atoms with Gasteiger partial charge in [-0.2, -0.15) is 5.10 Å². The van der Waals surface area contributed by atoms with Crippen LogP contribution in [-0.2, 0) is 4.74 Å². The zero-order chi connectivity index (χ0) is 17.8. The van der Waals surface area contributed by atoms with E-state index in [1.165, 1.54) is 5.69 Å². The second-order valence-corrected chi connectivity index (χ2v) is 6.95. The number of benzene rings is 2. The minimum atomic E-state index is 0.428. The number of anilines is 2. The van der Waals surface area contributed by atoms with Crippen LogP contribution in [0.3, 0.4) is 0 Å². The first-order valence-electron chi connectivity index (χ1n) is 7.92. The quantitative estimate of drug-likeness (QED) is 0.559. The molecule has 0 radical (unpaired) electrons. The Morgan fingerprint density at radius 3 is 2.24 bits per heavy atom. The lowest BCUT2D eigenvalue weighted by molar-refractivity contribution is 0.122. The van der Waals surface area contributed by atoms with Crippen molar-refractivity contribution in [1.82, 2.24) is 0 Å². The number of hydrogen-bond acceptors (Lipinski definition) is 4. The van der Waals surface area contributed by atoms with Crippen LogP contribution in [0.2, 0.25) is 15.1 Å². The highest BCUT2D eigenvalue weighted by molar-refractivity contribution is 6.41. The van der Waals surface area contributed by atoms with E-state index in [9.17, 15) is 0 Å². The number of hydrazone groups is 1. The Morgan fingerprint density at radius 1 is 1.04 bits per heavy atom. The lowest BCUT2D eigenvalue weighted by Gasteiger charge is -2.28. The summed E-state index contributed by atoms with van der Waals surface area (Å²) in [6, 6.07) is 11.6. The summed E-state index contributed by atoms with van der Waals surface area (Å²) in [6.07, 6.45) is 0. The van der Waals surface area contributed by atoms with Crippen molar-refractivity contribution in [2.45, 2.75) is 6.92 Å². The molecule has 0 aromatic heterocycles. The van der Waals surface area contributed by atoms with E-state index >= 15 is 0 Å². The Hall–Kier alpha value is -1.46. The number of nitrogens with one attached hydrogen (secondary N) is 1. The molecule has 0 atom stereocenters. The molecule has 1 N–H and O–H groups in total. The van der Waals surface area contributed by atoms with Crippen LogP contribution in [0.4, 0.5) is 11.4 Å². The average Bonchev–Trinajstić information content (AvgIpc) is 2.61. The van der Waals surface area contributed by atoms with Crippen LogP contribution in [0.25, 0.3) is 0 Å². The van der Waals surface area contributed by atoms with Gasteiger partial charge in [0.1, 0.15) is 0 Å². The van der Waals surface area contributed by atoms with Crippen LogP contribution < -0.4 is 10.3 Å². The third kappa shape index (κ3) is 4.59. The number of hydrogen-bond donors (Lipinski definition) is 1. The predicted octanol–water partition coefficient (Wildman–Crippen LogP) is 5.32. The molecule has 3 rings (SSSR count). The highest BCUT2D eigenvalue weighted by atomic mass is 35.5. The zero-order valence-corrected chi connectivity index (χ0v) is 16.0. The first-order valence-corrected chi connectivity index (χ1v) is 9.06. The maximum Gasteiger partial charge on any atom is 0.0935 e. The van der Waals surface area contributed by atoms with Crippen molar-refractivity contribution in [1.29, 1.82) is 0 Å². The van der Waals surface area contributed by atoms with Gasteiger partial charge in [0.2, 0.25) is 0 Å². The van der Waals surface area contributed by atoms with E-state index in [0.717, 1.165) is 37.6 Å². The molecular formula is C18H18Cl3N3O. The fraction of sp³-hybridized carbons (Fsp3) is 0.278. The van der Waals surface area contributed by atoms with Gasteiger partial charge in [0, 0.05) is 23.8 Å². The van der Waals surface area contributed by atoms with Crippen LogP contribution >= 0.6 is 34.8 Å². The van der Waals surface area contributed by atoms with Gasteiger partial charge in [0.15, 0.2) is 0 Å². The number of halogens is 3. The molecule has 0 spiro atoms. The van der Waals surface area contributed by atoms with Crippen molar-refractivity contribution >= 4 is 51.9 Å². The molecule has 2 aromatic rings. The summed E-state index contributed by atoms with van der Waals surface area (Å²) in [5.41, 5.74) is 6.50. The molecule has 7 heteroatoms. The van der Waals surface area contributed by atoms with E-state index in [-0.39, 0.29) is 0 Å². The van der Waals surface area contributed by atoms with Gasteiger partial charge in [-0.1, -0.05) is 46.9 Å². The fourth-order valence-electron chi connectivity index (χ4n) is 2.59. The third-order valence-electron chi connectivity index (χ3n) is 4.00. The topological polar surface area (TPSA) is 36.9 Å². The van der Waals surface area contributed by atoms with Gasteiger partial charge >= 0.3 is 0 Å². The Labute approximate surface area is 162 Å². The first-order chi connectivity index (χ1) is 12.0. The molecule has 25 heavy (non-hydrogen) atoms. The molecule has 1 aliphatic rings. The smallest absolute Gasteiger partial charge is 0.0935 e. The van der Waals surface area contributed by atoms with E-state index < -0.39 is 0 Å². The third-order valence-corrected chi connectivity index (χ3v) is 4.82. The Balaban J connectivity index is 1.72. The maximum atomic E-state index is 6.15. The van der Waals surface area contributed by atoms with Crippen LogP contribution in [0, 0.1) is 0 Å². The molecule has 132 valence electrons. The predicted molar refractivity (Wildman–Crippen MR) is 107 cm³/mol. The van der Waals surface area contributed by atoms with E-state index in [2.05, 4.69) is 39.7 Å². The van der Waals surface area contributed by atoms with Gasteiger partial charge in [0.05, 0.1) is 34.7 Å². The van der Waals surface area contributed by atoms with Crippen LogP contribution in [0.15, 0.2) is 41.5 Å². The number of ether oxygens (including phenoxy) is 1. The molecule has 0 bridgehead atoms. The normalized spacial score (nSPS) is 15.4. The number of rotatable bonds is 4. The van der Waals surface area contributed by atoms with E-state index in [1.807, 2.05) is 6.92 Å². The van der Waals surface area contributed by atoms with Gasteiger partial charge in [0.25, 0.3) is 0 Å². The molecule has 1 heterocycles. The van der Waals surface area contributed by atoms with E-state index in [0.29, 0.717) is 20.8 Å². The number of morpholine rings is 1. The van der Waals surface area contributed by atoms with Crippen molar-refractivity contribution in [2.75, 3.05) is 36.6 Å². The van der Waals surface area contributed by atoms with Crippen LogP contribution in [0.1, 0.15) is 12.5 Å². The summed E-state index contributed by atoms with van der Waals surface area (Å²) in [7, 11) is 0. The summed E-state index contributed by atoms with van der Waals surface area (Å²) in [6.45, 7) is 5.31. The molecule has 2 aromatic carbocycles. The van der Waals surface area contributed by atoms with Gasteiger partial charge in [-0.05, 0) is 36.8 Å². The van der Waals surface area contributed by atoms with Crippen LogP contribution in [0.5, 0.6) is 0 Å². The van der Waals surface area contributed by atoms with Crippen LogP contribution in [-0.4, -0.2) is 32.0 Å². The van der Waals surface area contributed by atoms with Gasteiger partial charge < -0.3 is 9.64 Å². The summed E-state index contributed by atoms with van der Waals surface area (Å²) in [4.78, 5) is 2.31. The Morgan fingerprint density at radius 2 is 1.64 bits per heavy atom. The van der Waals surface area contributed by atoms with Crippen molar-refractivity contribution in [3.63, 3.8) is 0 Å². The van der Waals surface area contributed by atoms with Crippen molar-refractivity contribution in [3.8, 4) is 0 Å². The number of nitrogens with zero attached hydrogens (tertiary/aromatic N) is 2. The Bertz CT molecular complexity index is 749. The highest BCUT2D eigenvalue weighted by Crippen LogP contribution is 2.33. The lowest BCUT2D eigenvalue weighted by Crippen LogP contribution is -2.36. The maximum absolute atomic E-state index is 6.15. The summed E-state index contributed by atoms with van der Waals surface area (Å²) in [5.74, 6) is 0. The highest BCUT2D eigenvalue weighted by Gasteiger charge is 2.11. The molecule has 1 aliphatic heterocycles. The van der Waals surface area contributed by atoms with Gasteiger partial charge in [-0.15, -0.1) is 0 Å². The van der Waals surface area contributed by atoms with E-state index in [1.54, 1.807) is 12.1 Å². The lowest BCUT2D eigenvalue weighted by atomic mass is 10.1. The van der Waals surface area contributed by atoms with Crippen molar-refractivity contribution < 1.29 is 4.74 Å². The summed E-state index contributed by atoms with van der Waals surface area (Å²) in [5, 5.41) is 5.72. The molecule has 1 saturated heterocycles. The SMILES string of the molecule is CC(=NNc1c(Cl)cc(Cl)cc1Cl)c1ccc(N2CCOCC2)cc1. The van der Waals surface area contributed by atoms with Gasteiger partial charge in [-0.25, -0.2) is 0 Å². The molecular weight excluding hydrogens is 381 g/mol. The van der Waals surface area contributed by atoms with Crippen molar-refractivity contribution in [3.05, 3.63) is 57.0 Å². The monoisotopic (exact) mass is 397 g/mol. The minimum absolute atomic E-state index is 0.428. The summed E-state index contributed by atoms with van der Waals surface area (Å²) < 4.78 is 5.38. The molecule has 0 aliphatic carbocycles.